The Morgan fingerprint density at radius 3 is 2.67 bits per heavy atom. The van der Waals surface area contributed by atoms with E-state index in [4.69, 9.17) is 0 Å². The van der Waals surface area contributed by atoms with Crippen molar-refractivity contribution in [3.63, 3.8) is 0 Å². The van der Waals surface area contributed by atoms with E-state index in [0.29, 0.717) is 17.2 Å². The van der Waals surface area contributed by atoms with Gasteiger partial charge in [0.05, 0.1) is 16.9 Å². The molecule has 0 radical (unpaired) electrons. The van der Waals surface area contributed by atoms with Gasteiger partial charge in [-0.2, -0.15) is 5.10 Å². The summed E-state index contributed by atoms with van der Waals surface area (Å²) < 4.78 is 22.8. The number of H-pyrrole nitrogens is 1. The first-order valence-corrected chi connectivity index (χ1v) is 8.27. The quantitative estimate of drug-likeness (QED) is 0.801. The maximum atomic E-state index is 12.2. The molecule has 1 aliphatic rings. The van der Waals surface area contributed by atoms with Gasteiger partial charge in [-0.05, 0) is 12.5 Å². The highest BCUT2D eigenvalue weighted by atomic mass is 32.2. The van der Waals surface area contributed by atoms with E-state index in [0.717, 1.165) is 0 Å². The van der Waals surface area contributed by atoms with Crippen molar-refractivity contribution in [1.29, 1.82) is 0 Å². The first-order valence-electron chi connectivity index (χ1n) is 6.45. The lowest BCUT2D eigenvalue weighted by molar-refractivity contribution is 0.0937. The Morgan fingerprint density at radius 1 is 1.29 bits per heavy atom. The Kier molecular flexibility index (Phi) is 3.25. The number of rotatable bonds is 2. The third kappa shape index (κ3) is 2.66. The maximum absolute atomic E-state index is 12.2. The highest BCUT2D eigenvalue weighted by Gasteiger charge is 2.29. The van der Waals surface area contributed by atoms with Gasteiger partial charge in [0.25, 0.3) is 11.5 Å². The van der Waals surface area contributed by atoms with Crippen molar-refractivity contribution in [3.05, 3.63) is 40.3 Å². The van der Waals surface area contributed by atoms with Crippen molar-refractivity contribution < 1.29 is 13.2 Å². The molecule has 1 fully saturated rings. The standard InChI is InChI=1S/C13H13N3O4S/c17-12-10-4-2-1-3-9(10)11(15-16-12)13(18)14-8-5-6-21(19,20)7-8/h1-4,8H,5-7H2,(H,14,18)(H,16,17)/t8-/m1/s1. The molecule has 0 saturated carbocycles. The fourth-order valence-electron chi connectivity index (χ4n) is 2.45. The van der Waals surface area contributed by atoms with E-state index in [2.05, 4.69) is 15.5 Å². The molecule has 8 heteroatoms. The molecule has 1 aliphatic heterocycles. The van der Waals surface area contributed by atoms with Crippen LogP contribution in [0.4, 0.5) is 0 Å². The fourth-order valence-corrected chi connectivity index (χ4v) is 4.12. The molecule has 0 aliphatic carbocycles. The minimum Gasteiger partial charge on any atom is -0.347 e. The highest BCUT2D eigenvalue weighted by molar-refractivity contribution is 7.91. The molecule has 1 amide bonds. The number of benzene rings is 1. The Labute approximate surface area is 120 Å². The molecule has 0 spiro atoms. The van der Waals surface area contributed by atoms with Crippen molar-refractivity contribution in [2.45, 2.75) is 12.5 Å². The van der Waals surface area contributed by atoms with Gasteiger partial charge in [0.2, 0.25) is 0 Å². The zero-order chi connectivity index (χ0) is 15.0. The molecule has 2 aromatic rings. The van der Waals surface area contributed by atoms with Gasteiger partial charge in [-0.1, -0.05) is 18.2 Å². The van der Waals surface area contributed by atoms with Crippen molar-refractivity contribution >= 4 is 26.5 Å². The Balaban J connectivity index is 1.92. The molecule has 7 nitrogen and oxygen atoms in total. The van der Waals surface area contributed by atoms with Crippen LogP contribution in [0.3, 0.4) is 0 Å². The van der Waals surface area contributed by atoms with Gasteiger partial charge in [-0.15, -0.1) is 0 Å². The van der Waals surface area contributed by atoms with Crippen molar-refractivity contribution in [3.8, 4) is 0 Å². The number of carbonyl (C=O) groups excluding carboxylic acids is 1. The second-order valence-corrected chi connectivity index (χ2v) is 7.25. The van der Waals surface area contributed by atoms with Crippen molar-refractivity contribution in [1.82, 2.24) is 15.5 Å². The molecule has 2 heterocycles. The minimum absolute atomic E-state index is 0.0555. The van der Waals surface area contributed by atoms with Crippen LogP contribution in [0.5, 0.6) is 0 Å². The lowest BCUT2D eigenvalue weighted by atomic mass is 10.1. The summed E-state index contributed by atoms with van der Waals surface area (Å²) in [5, 5.41) is 9.54. The summed E-state index contributed by atoms with van der Waals surface area (Å²) in [6.45, 7) is 0. The van der Waals surface area contributed by atoms with Gasteiger partial charge < -0.3 is 5.32 Å². The summed E-state index contributed by atoms with van der Waals surface area (Å²) in [6, 6.07) is 6.24. The normalized spacial score (nSPS) is 20.5. The molecular formula is C13H13N3O4S. The fraction of sp³-hybridized carbons (Fsp3) is 0.308. The van der Waals surface area contributed by atoms with E-state index in [9.17, 15) is 18.0 Å². The largest absolute Gasteiger partial charge is 0.347 e. The Morgan fingerprint density at radius 2 is 2.00 bits per heavy atom. The van der Waals surface area contributed by atoms with Crippen LogP contribution in [0, 0.1) is 0 Å². The molecule has 0 unspecified atom stereocenters. The van der Waals surface area contributed by atoms with Crippen LogP contribution in [0.25, 0.3) is 10.8 Å². The first kappa shape index (κ1) is 13.7. The van der Waals surface area contributed by atoms with Gasteiger partial charge in [-0.25, -0.2) is 13.5 Å². The number of aromatic amines is 1. The summed E-state index contributed by atoms with van der Waals surface area (Å²) in [5.41, 5.74) is -0.278. The van der Waals surface area contributed by atoms with Gasteiger partial charge in [-0.3, -0.25) is 9.59 Å². The molecule has 2 N–H and O–H groups in total. The predicted molar refractivity (Wildman–Crippen MR) is 76.9 cm³/mol. The van der Waals surface area contributed by atoms with E-state index in [-0.39, 0.29) is 22.8 Å². The second kappa shape index (κ2) is 4.96. The summed E-state index contributed by atoms with van der Waals surface area (Å²) in [7, 11) is -3.07. The number of nitrogens with zero attached hydrogens (tertiary/aromatic N) is 1. The summed E-state index contributed by atoms with van der Waals surface area (Å²) >= 11 is 0. The Bertz CT molecular complexity index is 872. The molecular weight excluding hydrogens is 294 g/mol. The number of sulfone groups is 1. The lowest BCUT2D eigenvalue weighted by Crippen LogP contribution is -2.36. The highest BCUT2D eigenvalue weighted by Crippen LogP contribution is 2.15. The molecule has 3 rings (SSSR count). The number of hydrogen-bond donors (Lipinski definition) is 2. The number of fused-ring (bicyclic) bond motifs is 1. The predicted octanol–water partition coefficient (Wildman–Crippen LogP) is -0.160. The maximum Gasteiger partial charge on any atom is 0.272 e. The van der Waals surface area contributed by atoms with Crippen LogP contribution in [0.2, 0.25) is 0 Å². The molecule has 1 aromatic carbocycles. The Hall–Kier alpha value is -2.22. The SMILES string of the molecule is O=C(N[C@@H]1CCS(=O)(=O)C1)c1n[nH]c(=O)c2ccccc12. The third-order valence-electron chi connectivity index (χ3n) is 3.48. The van der Waals surface area contributed by atoms with Gasteiger partial charge in [0.1, 0.15) is 0 Å². The average Bonchev–Trinajstić information content (AvgIpc) is 2.78. The van der Waals surface area contributed by atoms with Crippen molar-refractivity contribution in [2.24, 2.45) is 0 Å². The van der Waals surface area contributed by atoms with Crippen LogP contribution >= 0.6 is 0 Å². The average molecular weight is 307 g/mol. The third-order valence-corrected chi connectivity index (χ3v) is 5.25. The zero-order valence-corrected chi connectivity index (χ0v) is 11.8. The molecule has 0 bridgehead atoms. The van der Waals surface area contributed by atoms with E-state index < -0.39 is 21.8 Å². The molecule has 1 aromatic heterocycles. The number of carbonyl (C=O) groups is 1. The number of amides is 1. The van der Waals surface area contributed by atoms with Crippen LogP contribution in [0.1, 0.15) is 16.9 Å². The number of hydrogen-bond acceptors (Lipinski definition) is 5. The second-order valence-electron chi connectivity index (χ2n) is 5.02. The first-order chi connectivity index (χ1) is 9.96. The topological polar surface area (TPSA) is 109 Å². The smallest absolute Gasteiger partial charge is 0.272 e. The van der Waals surface area contributed by atoms with E-state index in [1.54, 1.807) is 24.3 Å². The van der Waals surface area contributed by atoms with Crippen LogP contribution < -0.4 is 10.9 Å². The van der Waals surface area contributed by atoms with E-state index >= 15 is 0 Å². The zero-order valence-electron chi connectivity index (χ0n) is 11.0. The molecule has 1 saturated heterocycles. The summed E-state index contributed by atoms with van der Waals surface area (Å²) in [4.78, 5) is 23.9. The summed E-state index contributed by atoms with van der Waals surface area (Å²) in [5.74, 6) is -0.456. The minimum atomic E-state index is -3.07. The van der Waals surface area contributed by atoms with Gasteiger partial charge in [0, 0.05) is 11.4 Å². The van der Waals surface area contributed by atoms with Gasteiger partial charge in [0.15, 0.2) is 15.5 Å². The molecule has 21 heavy (non-hydrogen) atoms. The molecule has 1 atom stereocenters. The van der Waals surface area contributed by atoms with Crippen LogP contribution in [0.15, 0.2) is 29.1 Å². The molecule has 110 valence electrons. The lowest BCUT2D eigenvalue weighted by Gasteiger charge is -2.11. The monoisotopic (exact) mass is 307 g/mol. The van der Waals surface area contributed by atoms with Gasteiger partial charge >= 0.3 is 0 Å². The van der Waals surface area contributed by atoms with Crippen molar-refractivity contribution in [2.75, 3.05) is 11.5 Å². The number of nitrogens with one attached hydrogen (secondary N) is 2. The van der Waals surface area contributed by atoms with Crippen LogP contribution in [-0.4, -0.2) is 42.1 Å². The number of aromatic nitrogens is 2. The summed E-state index contributed by atoms with van der Waals surface area (Å²) in [6.07, 6.45) is 0.398. The van der Waals surface area contributed by atoms with E-state index in [1.807, 2.05) is 0 Å². The van der Waals surface area contributed by atoms with Crippen LogP contribution in [-0.2, 0) is 9.84 Å². The van der Waals surface area contributed by atoms with E-state index in [1.165, 1.54) is 0 Å².